The summed E-state index contributed by atoms with van der Waals surface area (Å²) in [7, 11) is 4.00. The second-order valence-corrected chi connectivity index (χ2v) is 5.61. The highest BCUT2D eigenvalue weighted by atomic mass is 16.5. The molecule has 94 valence electrons. The minimum atomic E-state index is 0.521. The van der Waals surface area contributed by atoms with Gasteiger partial charge in [0.2, 0.25) is 0 Å². The summed E-state index contributed by atoms with van der Waals surface area (Å²) in [5.41, 5.74) is 0. The van der Waals surface area contributed by atoms with Crippen LogP contribution in [0.15, 0.2) is 0 Å². The molecule has 0 radical (unpaired) electrons. The van der Waals surface area contributed by atoms with Gasteiger partial charge in [0.05, 0.1) is 6.61 Å². The summed E-state index contributed by atoms with van der Waals surface area (Å²) >= 11 is 0. The zero-order valence-electron chi connectivity index (χ0n) is 10.9. The van der Waals surface area contributed by atoms with E-state index in [1.54, 1.807) is 7.11 Å². The Balaban J connectivity index is 1.80. The Hall–Kier alpha value is -0.120. The molecule has 1 heterocycles. The van der Waals surface area contributed by atoms with Crippen LogP contribution in [0.1, 0.15) is 26.2 Å². The van der Waals surface area contributed by atoms with E-state index >= 15 is 0 Å². The molecule has 1 aliphatic heterocycles. The molecule has 1 saturated heterocycles. The predicted octanol–water partition coefficient (Wildman–Crippen LogP) is 1.34. The first kappa shape index (κ1) is 12.3. The van der Waals surface area contributed by atoms with Crippen LogP contribution in [-0.2, 0) is 4.74 Å². The van der Waals surface area contributed by atoms with E-state index in [2.05, 4.69) is 24.2 Å². The maximum atomic E-state index is 5.21. The topological polar surface area (TPSA) is 24.5 Å². The van der Waals surface area contributed by atoms with Gasteiger partial charge in [-0.05, 0) is 45.2 Å². The second-order valence-electron chi connectivity index (χ2n) is 5.61. The van der Waals surface area contributed by atoms with Crippen LogP contribution in [0.4, 0.5) is 0 Å². The van der Waals surface area contributed by atoms with Crippen LogP contribution in [-0.4, -0.2) is 50.8 Å². The Morgan fingerprint density at radius 3 is 3.00 bits per heavy atom. The third-order valence-corrected chi connectivity index (χ3v) is 4.52. The minimum Gasteiger partial charge on any atom is -0.383 e. The van der Waals surface area contributed by atoms with Gasteiger partial charge in [-0.1, -0.05) is 6.42 Å². The molecule has 0 aromatic rings. The van der Waals surface area contributed by atoms with Gasteiger partial charge in [-0.25, -0.2) is 0 Å². The average molecular weight is 226 g/mol. The number of ether oxygens (including phenoxy) is 1. The van der Waals surface area contributed by atoms with Crippen LogP contribution < -0.4 is 5.32 Å². The number of nitrogens with one attached hydrogen (secondary N) is 1. The first-order chi connectivity index (χ1) is 7.72. The molecule has 2 rings (SSSR count). The van der Waals surface area contributed by atoms with Crippen molar-refractivity contribution in [1.29, 1.82) is 0 Å². The lowest BCUT2D eigenvalue weighted by molar-refractivity contribution is 0.106. The predicted molar refractivity (Wildman–Crippen MR) is 66.6 cm³/mol. The molecular weight excluding hydrogens is 200 g/mol. The summed E-state index contributed by atoms with van der Waals surface area (Å²) < 4.78 is 5.21. The van der Waals surface area contributed by atoms with Gasteiger partial charge >= 0.3 is 0 Å². The van der Waals surface area contributed by atoms with Crippen molar-refractivity contribution in [2.24, 2.45) is 11.8 Å². The Morgan fingerprint density at radius 2 is 2.25 bits per heavy atom. The van der Waals surface area contributed by atoms with Crippen molar-refractivity contribution in [3.63, 3.8) is 0 Å². The fraction of sp³-hybridized carbons (Fsp3) is 1.00. The Labute approximate surface area is 99.5 Å². The van der Waals surface area contributed by atoms with Crippen LogP contribution in [0.25, 0.3) is 0 Å². The fourth-order valence-corrected chi connectivity index (χ4v) is 3.36. The summed E-state index contributed by atoms with van der Waals surface area (Å²) in [6, 6.07) is 1.24. The van der Waals surface area contributed by atoms with Gasteiger partial charge in [-0.3, -0.25) is 4.90 Å². The van der Waals surface area contributed by atoms with Crippen LogP contribution in [0.2, 0.25) is 0 Å². The van der Waals surface area contributed by atoms with Crippen molar-refractivity contribution in [3.8, 4) is 0 Å². The molecule has 3 nitrogen and oxygen atoms in total. The van der Waals surface area contributed by atoms with Crippen molar-refractivity contribution in [1.82, 2.24) is 10.2 Å². The highest BCUT2D eigenvalue weighted by molar-refractivity contribution is 4.95. The van der Waals surface area contributed by atoms with E-state index in [4.69, 9.17) is 4.74 Å². The van der Waals surface area contributed by atoms with Crippen LogP contribution in [0.5, 0.6) is 0 Å². The van der Waals surface area contributed by atoms with Gasteiger partial charge in [-0.2, -0.15) is 0 Å². The van der Waals surface area contributed by atoms with Crippen LogP contribution >= 0.6 is 0 Å². The van der Waals surface area contributed by atoms with Gasteiger partial charge in [0.1, 0.15) is 0 Å². The number of fused-ring (bicyclic) bond motifs is 1. The lowest BCUT2D eigenvalue weighted by Gasteiger charge is -2.29. The third-order valence-electron chi connectivity index (χ3n) is 4.52. The van der Waals surface area contributed by atoms with E-state index in [-0.39, 0.29) is 0 Å². The van der Waals surface area contributed by atoms with Crippen molar-refractivity contribution >= 4 is 0 Å². The standard InChI is InChI=1S/C13H26N2O/c1-10(9-16-3)15(2)8-13-12-6-4-5-11(12)7-14-13/h10-14H,4-9H2,1-3H3. The summed E-state index contributed by atoms with van der Waals surface area (Å²) in [6.45, 7) is 5.50. The molecule has 3 heteroatoms. The van der Waals surface area contributed by atoms with E-state index < -0.39 is 0 Å². The molecular formula is C13H26N2O. The number of hydrogen-bond acceptors (Lipinski definition) is 3. The molecule has 0 bridgehead atoms. The van der Waals surface area contributed by atoms with Gasteiger partial charge in [0, 0.05) is 25.7 Å². The molecule has 4 unspecified atom stereocenters. The number of methoxy groups -OCH3 is 1. The Bertz CT molecular complexity index is 222. The molecule has 1 aliphatic carbocycles. The van der Waals surface area contributed by atoms with Crippen molar-refractivity contribution in [2.75, 3.05) is 33.9 Å². The number of likely N-dealkylation sites (N-methyl/N-ethyl adjacent to an activating group) is 1. The number of nitrogens with zero attached hydrogens (tertiary/aromatic N) is 1. The van der Waals surface area contributed by atoms with E-state index in [1.807, 2.05) is 0 Å². The molecule has 2 fully saturated rings. The molecule has 1 saturated carbocycles. The van der Waals surface area contributed by atoms with Gasteiger partial charge in [0.15, 0.2) is 0 Å². The summed E-state index contributed by atoms with van der Waals surface area (Å²) in [5.74, 6) is 1.91. The molecule has 1 N–H and O–H groups in total. The van der Waals surface area contributed by atoms with Crippen molar-refractivity contribution in [3.05, 3.63) is 0 Å². The van der Waals surface area contributed by atoms with Crippen LogP contribution in [0, 0.1) is 11.8 Å². The lowest BCUT2D eigenvalue weighted by atomic mass is 9.94. The van der Waals surface area contributed by atoms with E-state index in [0.29, 0.717) is 6.04 Å². The zero-order valence-corrected chi connectivity index (χ0v) is 10.9. The van der Waals surface area contributed by atoms with Gasteiger partial charge in [0.25, 0.3) is 0 Å². The van der Waals surface area contributed by atoms with Gasteiger partial charge < -0.3 is 10.1 Å². The maximum Gasteiger partial charge on any atom is 0.0615 e. The minimum absolute atomic E-state index is 0.521. The highest BCUT2D eigenvalue weighted by Gasteiger charge is 2.39. The second kappa shape index (κ2) is 5.48. The maximum absolute atomic E-state index is 5.21. The molecule has 2 aliphatic rings. The first-order valence-electron chi connectivity index (χ1n) is 6.65. The lowest BCUT2D eigenvalue weighted by Crippen LogP contribution is -2.43. The van der Waals surface area contributed by atoms with E-state index in [9.17, 15) is 0 Å². The third kappa shape index (κ3) is 2.58. The molecule has 0 aromatic heterocycles. The Morgan fingerprint density at radius 1 is 1.44 bits per heavy atom. The number of hydrogen-bond donors (Lipinski definition) is 1. The van der Waals surface area contributed by atoms with E-state index in [0.717, 1.165) is 24.5 Å². The van der Waals surface area contributed by atoms with Crippen molar-refractivity contribution in [2.45, 2.75) is 38.3 Å². The highest BCUT2D eigenvalue weighted by Crippen LogP contribution is 2.37. The quantitative estimate of drug-likeness (QED) is 0.765. The molecule has 0 amide bonds. The van der Waals surface area contributed by atoms with Crippen molar-refractivity contribution < 1.29 is 4.74 Å². The molecule has 16 heavy (non-hydrogen) atoms. The summed E-state index contributed by atoms with van der Waals surface area (Å²) in [4.78, 5) is 2.43. The average Bonchev–Trinajstić information content (AvgIpc) is 2.83. The monoisotopic (exact) mass is 226 g/mol. The summed E-state index contributed by atoms with van der Waals surface area (Å²) in [6.07, 6.45) is 4.34. The molecule has 0 aromatic carbocycles. The summed E-state index contributed by atoms with van der Waals surface area (Å²) in [5, 5.41) is 3.70. The van der Waals surface area contributed by atoms with E-state index in [1.165, 1.54) is 32.4 Å². The molecule has 0 spiro atoms. The fourth-order valence-electron chi connectivity index (χ4n) is 3.36. The molecule has 4 atom stereocenters. The zero-order chi connectivity index (χ0) is 11.5. The smallest absolute Gasteiger partial charge is 0.0615 e. The largest absolute Gasteiger partial charge is 0.383 e. The van der Waals surface area contributed by atoms with Gasteiger partial charge in [-0.15, -0.1) is 0 Å². The number of rotatable bonds is 5. The Kier molecular flexibility index (Phi) is 4.22. The SMILES string of the molecule is COCC(C)N(C)CC1NCC2CCCC21. The normalized spacial score (nSPS) is 35.6. The van der Waals surface area contributed by atoms with Crippen LogP contribution in [0.3, 0.4) is 0 Å². The first-order valence-corrected chi connectivity index (χ1v) is 6.65.